The Hall–Kier alpha value is -2.22. The molecule has 1 aliphatic carbocycles. The van der Waals surface area contributed by atoms with Crippen LogP contribution in [0.15, 0.2) is 42.5 Å². The summed E-state index contributed by atoms with van der Waals surface area (Å²) in [7, 11) is 0. The summed E-state index contributed by atoms with van der Waals surface area (Å²) in [6.45, 7) is 9.86. The molecular weight excluding hydrogens is 260 g/mol. The lowest BCUT2D eigenvalue weighted by Crippen LogP contribution is -2.21. The molecule has 2 heteroatoms. The largest absolute Gasteiger partial charge is 0.289 e. The van der Waals surface area contributed by atoms with Crippen molar-refractivity contribution in [3.05, 3.63) is 70.3 Å². The van der Waals surface area contributed by atoms with E-state index in [9.17, 15) is 9.59 Å². The molecule has 0 aromatic heterocycles. The Morgan fingerprint density at radius 1 is 0.619 bits per heavy atom. The molecule has 110 valence electrons. The van der Waals surface area contributed by atoms with Gasteiger partial charge in [0.05, 0.1) is 0 Å². The standard InChI is InChI=1S/C15H10O2.2C2H6/c1-9-5-4-8-12-13(9)15(17)11-7-3-2-6-10(11)14(12)16;2*1-2/h2-8H,1H3;2*1-2H3. The molecule has 2 nitrogen and oxygen atoms in total. The SMILES string of the molecule is CC.CC.Cc1cccc2c1C(=O)c1ccccc1C2=O. The normalized spacial score (nSPS) is 11.3. The first-order chi connectivity index (χ1) is 10.2. The summed E-state index contributed by atoms with van der Waals surface area (Å²) >= 11 is 0. The number of hydrogen-bond acceptors (Lipinski definition) is 2. The van der Waals surface area contributed by atoms with Gasteiger partial charge in [0.15, 0.2) is 11.6 Å². The minimum atomic E-state index is -0.0566. The maximum atomic E-state index is 12.3. The van der Waals surface area contributed by atoms with Gasteiger partial charge in [-0.1, -0.05) is 70.2 Å². The first-order valence-electron chi connectivity index (χ1n) is 7.48. The fourth-order valence-electron chi connectivity index (χ4n) is 2.32. The molecule has 2 aromatic rings. The zero-order valence-electron chi connectivity index (χ0n) is 13.4. The zero-order chi connectivity index (χ0) is 16.0. The molecule has 0 saturated carbocycles. The van der Waals surface area contributed by atoms with Crippen LogP contribution in [0.4, 0.5) is 0 Å². The van der Waals surface area contributed by atoms with Gasteiger partial charge in [0.2, 0.25) is 0 Å². The molecule has 0 heterocycles. The average Bonchev–Trinajstić information content (AvgIpc) is 2.56. The summed E-state index contributed by atoms with van der Waals surface area (Å²) in [5.74, 6) is -0.104. The van der Waals surface area contributed by atoms with Crippen LogP contribution < -0.4 is 0 Å². The number of ketones is 2. The molecule has 0 N–H and O–H groups in total. The van der Waals surface area contributed by atoms with Crippen molar-refractivity contribution in [2.45, 2.75) is 34.6 Å². The predicted octanol–water partition coefficient (Wildman–Crippen LogP) is 4.82. The highest BCUT2D eigenvalue weighted by Crippen LogP contribution is 2.28. The van der Waals surface area contributed by atoms with Crippen molar-refractivity contribution in [3.63, 3.8) is 0 Å². The van der Waals surface area contributed by atoms with E-state index in [0.717, 1.165) is 5.56 Å². The van der Waals surface area contributed by atoms with Crippen molar-refractivity contribution in [1.82, 2.24) is 0 Å². The van der Waals surface area contributed by atoms with Crippen LogP contribution in [0.5, 0.6) is 0 Å². The summed E-state index contributed by atoms with van der Waals surface area (Å²) in [5.41, 5.74) is 2.95. The molecule has 0 radical (unpaired) electrons. The van der Waals surface area contributed by atoms with Gasteiger partial charge in [-0.25, -0.2) is 0 Å². The van der Waals surface area contributed by atoms with Crippen LogP contribution in [0.3, 0.4) is 0 Å². The first-order valence-corrected chi connectivity index (χ1v) is 7.48. The second-order valence-corrected chi connectivity index (χ2v) is 4.20. The molecule has 0 spiro atoms. The molecule has 21 heavy (non-hydrogen) atoms. The molecule has 0 fully saturated rings. The Labute approximate surface area is 126 Å². The molecule has 2 aromatic carbocycles. The highest BCUT2D eigenvalue weighted by atomic mass is 16.1. The van der Waals surface area contributed by atoms with Crippen LogP contribution in [0.25, 0.3) is 0 Å². The van der Waals surface area contributed by atoms with E-state index in [1.807, 2.05) is 46.8 Å². The average molecular weight is 282 g/mol. The minimum absolute atomic E-state index is 0.0479. The molecule has 1 aliphatic rings. The second-order valence-electron chi connectivity index (χ2n) is 4.20. The van der Waals surface area contributed by atoms with Gasteiger partial charge < -0.3 is 0 Å². The Kier molecular flexibility index (Phi) is 6.04. The van der Waals surface area contributed by atoms with E-state index in [1.54, 1.807) is 30.3 Å². The third-order valence-electron chi connectivity index (χ3n) is 3.16. The Morgan fingerprint density at radius 3 is 1.67 bits per heavy atom. The number of fused-ring (bicyclic) bond motifs is 2. The van der Waals surface area contributed by atoms with Crippen molar-refractivity contribution in [2.24, 2.45) is 0 Å². The highest BCUT2D eigenvalue weighted by molar-refractivity contribution is 6.28. The zero-order valence-corrected chi connectivity index (χ0v) is 13.4. The lowest BCUT2D eigenvalue weighted by atomic mass is 9.82. The topological polar surface area (TPSA) is 34.1 Å². The summed E-state index contributed by atoms with van der Waals surface area (Å²) in [4.78, 5) is 24.6. The second kappa shape index (κ2) is 7.53. The van der Waals surface area contributed by atoms with Crippen molar-refractivity contribution < 1.29 is 9.59 Å². The number of carbonyl (C=O) groups is 2. The summed E-state index contributed by atoms with van der Waals surface area (Å²) < 4.78 is 0. The molecule has 3 rings (SSSR count). The van der Waals surface area contributed by atoms with Crippen molar-refractivity contribution in [1.29, 1.82) is 0 Å². The maximum absolute atomic E-state index is 12.3. The van der Waals surface area contributed by atoms with E-state index in [4.69, 9.17) is 0 Å². The minimum Gasteiger partial charge on any atom is -0.289 e. The molecule has 0 saturated heterocycles. The van der Waals surface area contributed by atoms with Gasteiger partial charge in [0, 0.05) is 22.3 Å². The summed E-state index contributed by atoms with van der Waals surface area (Å²) in [5, 5.41) is 0. The summed E-state index contributed by atoms with van der Waals surface area (Å²) in [6.07, 6.45) is 0. The number of carbonyl (C=O) groups excluding carboxylic acids is 2. The fraction of sp³-hybridized carbons (Fsp3) is 0.263. The van der Waals surface area contributed by atoms with Crippen LogP contribution in [0.1, 0.15) is 65.1 Å². The fourth-order valence-corrected chi connectivity index (χ4v) is 2.32. The van der Waals surface area contributed by atoms with Gasteiger partial charge >= 0.3 is 0 Å². The molecule has 0 bridgehead atoms. The van der Waals surface area contributed by atoms with Crippen LogP contribution >= 0.6 is 0 Å². The number of hydrogen-bond donors (Lipinski definition) is 0. The molecule has 0 atom stereocenters. The van der Waals surface area contributed by atoms with E-state index in [-0.39, 0.29) is 11.6 Å². The Morgan fingerprint density at radius 2 is 1.10 bits per heavy atom. The van der Waals surface area contributed by atoms with E-state index in [2.05, 4.69) is 0 Å². The van der Waals surface area contributed by atoms with Gasteiger partial charge in [0.1, 0.15) is 0 Å². The molecule has 0 aliphatic heterocycles. The third-order valence-corrected chi connectivity index (χ3v) is 3.16. The first kappa shape index (κ1) is 16.8. The monoisotopic (exact) mass is 282 g/mol. The molecule has 0 unspecified atom stereocenters. The predicted molar refractivity (Wildman–Crippen MR) is 87.2 cm³/mol. The molecule has 0 amide bonds. The Bertz CT molecular complexity index is 654. The lowest BCUT2D eigenvalue weighted by molar-refractivity contribution is 0.0978. The van der Waals surface area contributed by atoms with Gasteiger partial charge in [-0.3, -0.25) is 9.59 Å². The van der Waals surface area contributed by atoms with E-state index >= 15 is 0 Å². The van der Waals surface area contributed by atoms with Gasteiger partial charge in [-0.05, 0) is 12.5 Å². The molecular formula is C19H22O2. The number of benzene rings is 2. The Balaban J connectivity index is 0.000000510. The smallest absolute Gasteiger partial charge is 0.194 e. The van der Waals surface area contributed by atoms with Crippen LogP contribution in [0, 0.1) is 6.92 Å². The van der Waals surface area contributed by atoms with Crippen molar-refractivity contribution in [3.8, 4) is 0 Å². The van der Waals surface area contributed by atoms with Gasteiger partial charge in [0.25, 0.3) is 0 Å². The van der Waals surface area contributed by atoms with Crippen LogP contribution in [-0.2, 0) is 0 Å². The van der Waals surface area contributed by atoms with Crippen molar-refractivity contribution in [2.75, 3.05) is 0 Å². The third kappa shape index (κ3) is 2.94. The lowest BCUT2D eigenvalue weighted by Gasteiger charge is -2.18. The highest BCUT2D eigenvalue weighted by Gasteiger charge is 2.29. The van der Waals surface area contributed by atoms with Crippen molar-refractivity contribution >= 4 is 11.6 Å². The van der Waals surface area contributed by atoms with Crippen LogP contribution in [-0.4, -0.2) is 11.6 Å². The number of rotatable bonds is 0. The maximum Gasteiger partial charge on any atom is 0.194 e. The van der Waals surface area contributed by atoms with E-state index in [0.29, 0.717) is 22.3 Å². The van der Waals surface area contributed by atoms with Crippen LogP contribution in [0.2, 0.25) is 0 Å². The van der Waals surface area contributed by atoms with E-state index in [1.165, 1.54) is 0 Å². The van der Waals surface area contributed by atoms with Gasteiger partial charge in [-0.15, -0.1) is 0 Å². The van der Waals surface area contributed by atoms with Gasteiger partial charge in [-0.2, -0.15) is 0 Å². The summed E-state index contributed by atoms with van der Waals surface area (Å²) in [6, 6.07) is 12.4. The quantitative estimate of drug-likeness (QED) is 0.592. The number of aryl methyl sites for hydroxylation is 1. The van der Waals surface area contributed by atoms with E-state index < -0.39 is 0 Å².